The quantitative estimate of drug-likeness (QED) is 0.419. The van der Waals surface area contributed by atoms with E-state index >= 15 is 0 Å². The summed E-state index contributed by atoms with van der Waals surface area (Å²) >= 11 is 0. The smallest absolute Gasteiger partial charge is 0.309 e. The number of allylic oxidation sites excluding steroid dienone is 1. The van der Waals surface area contributed by atoms with Crippen LogP contribution in [0.1, 0.15) is 78.8 Å². The number of aromatic nitrogens is 1. The number of nitrogens with zero attached hydrogens (tertiary/aromatic N) is 1. The summed E-state index contributed by atoms with van der Waals surface area (Å²) in [7, 11) is 0. The van der Waals surface area contributed by atoms with E-state index in [2.05, 4.69) is 18.0 Å². The van der Waals surface area contributed by atoms with Crippen LogP contribution in [0.4, 0.5) is 0 Å². The second kappa shape index (κ2) is 11.0. The van der Waals surface area contributed by atoms with E-state index in [4.69, 9.17) is 9.15 Å². The van der Waals surface area contributed by atoms with Crippen LogP contribution in [0, 0.1) is 28.6 Å². The van der Waals surface area contributed by atoms with E-state index in [1.165, 1.54) is 6.26 Å². The average Bonchev–Trinajstić information content (AvgIpc) is 3.23. The zero-order chi connectivity index (χ0) is 26.8. The molecule has 1 aliphatic heterocycles. The third-order valence-electron chi connectivity index (χ3n) is 8.22. The van der Waals surface area contributed by atoms with Crippen LogP contribution < -0.4 is 0 Å². The maximum Gasteiger partial charge on any atom is 0.309 e. The molecule has 7 atom stereocenters. The number of hydrogen-bond donors (Lipinski definition) is 3. The number of carbonyl (C=O) groups excluding carboxylic acids is 2. The van der Waals surface area contributed by atoms with Crippen molar-refractivity contribution < 1.29 is 34.1 Å². The average molecular weight is 504 g/mol. The van der Waals surface area contributed by atoms with Crippen LogP contribution in [0.3, 0.4) is 0 Å². The van der Waals surface area contributed by atoms with Crippen LogP contribution in [-0.4, -0.2) is 50.4 Å². The summed E-state index contributed by atoms with van der Waals surface area (Å²) in [6.07, 6.45) is 6.68. The molecule has 8 heteroatoms. The third-order valence-corrected chi connectivity index (χ3v) is 8.22. The highest BCUT2D eigenvalue weighted by Crippen LogP contribution is 2.58. The number of oxazole rings is 1. The monoisotopic (exact) mass is 503 g/mol. The van der Waals surface area contributed by atoms with Crippen molar-refractivity contribution in [2.45, 2.75) is 92.1 Å². The van der Waals surface area contributed by atoms with Gasteiger partial charge in [0.05, 0.1) is 24.0 Å². The maximum atomic E-state index is 13.2. The summed E-state index contributed by atoms with van der Waals surface area (Å²) in [6, 6.07) is 0. The van der Waals surface area contributed by atoms with E-state index in [1.54, 1.807) is 26.8 Å². The molecule has 200 valence electrons. The van der Waals surface area contributed by atoms with Gasteiger partial charge in [-0.25, -0.2) is 4.98 Å². The molecular weight excluding hydrogens is 462 g/mol. The Morgan fingerprint density at radius 2 is 1.92 bits per heavy atom. The summed E-state index contributed by atoms with van der Waals surface area (Å²) in [6.45, 7) is 10.5. The SMILES string of the molecule is C/C(=C\c1coc(CO)n1)[C@@H]1CC2CC2(C)C/C=C/[C@H](C)[C@H](O)[C@@H](C)C(=O)C(C)(C)[C@@H](O)CC(=O)O1. The molecule has 0 radical (unpaired) electrons. The van der Waals surface area contributed by atoms with E-state index in [0.717, 1.165) is 18.4 Å². The molecule has 0 saturated heterocycles. The van der Waals surface area contributed by atoms with Gasteiger partial charge in [0.15, 0.2) is 0 Å². The second-order valence-corrected chi connectivity index (χ2v) is 11.6. The second-order valence-electron chi connectivity index (χ2n) is 11.6. The van der Waals surface area contributed by atoms with Gasteiger partial charge >= 0.3 is 5.97 Å². The number of cyclic esters (lactones) is 1. The molecule has 1 aromatic rings. The minimum atomic E-state index is -1.26. The van der Waals surface area contributed by atoms with Gasteiger partial charge in [0.1, 0.15) is 30.5 Å². The highest BCUT2D eigenvalue weighted by Gasteiger charge is 2.50. The maximum absolute atomic E-state index is 13.2. The van der Waals surface area contributed by atoms with E-state index in [0.29, 0.717) is 18.0 Å². The first kappa shape index (κ1) is 28.3. The Hall–Kier alpha value is -2.29. The minimum absolute atomic E-state index is 0.0596. The van der Waals surface area contributed by atoms with Crippen LogP contribution >= 0.6 is 0 Å². The fraction of sp³-hybridized carbons (Fsp3) is 0.679. The van der Waals surface area contributed by atoms with Gasteiger partial charge in [-0.05, 0) is 49.2 Å². The summed E-state index contributed by atoms with van der Waals surface area (Å²) in [5.74, 6) is -1.27. The molecule has 1 saturated carbocycles. The molecule has 0 amide bonds. The van der Waals surface area contributed by atoms with Gasteiger partial charge in [-0.2, -0.15) is 0 Å². The van der Waals surface area contributed by atoms with E-state index < -0.39 is 35.6 Å². The summed E-state index contributed by atoms with van der Waals surface area (Å²) in [5.41, 5.74) is 0.123. The first-order valence-corrected chi connectivity index (χ1v) is 12.8. The summed E-state index contributed by atoms with van der Waals surface area (Å²) in [5, 5.41) is 30.9. The molecule has 3 N–H and O–H groups in total. The van der Waals surface area contributed by atoms with Crippen molar-refractivity contribution in [3.63, 3.8) is 0 Å². The molecule has 3 rings (SSSR count). The number of esters is 1. The molecule has 1 aliphatic carbocycles. The van der Waals surface area contributed by atoms with Crippen molar-refractivity contribution in [2.24, 2.45) is 28.6 Å². The number of rotatable bonds is 3. The number of aliphatic hydroxyl groups excluding tert-OH is 3. The number of aliphatic hydroxyl groups is 3. The first-order valence-electron chi connectivity index (χ1n) is 12.8. The topological polar surface area (TPSA) is 130 Å². The fourth-order valence-corrected chi connectivity index (χ4v) is 5.14. The van der Waals surface area contributed by atoms with E-state index in [1.807, 2.05) is 19.9 Å². The van der Waals surface area contributed by atoms with Crippen LogP contribution in [0.2, 0.25) is 0 Å². The number of fused-ring (bicyclic) bond motifs is 1. The molecule has 8 nitrogen and oxygen atoms in total. The lowest BCUT2D eigenvalue weighted by atomic mass is 9.73. The number of ether oxygens (including phenoxy) is 1. The molecule has 36 heavy (non-hydrogen) atoms. The van der Waals surface area contributed by atoms with Crippen molar-refractivity contribution in [3.8, 4) is 0 Å². The summed E-state index contributed by atoms with van der Waals surface area (Å²) < 4.78 is 11.1. The number of Topliss-reactive ketones (excluding diaryl/α,β-unsaturated/α-hetero) is 1. The van der Waals surface area contributed by atoms with Gasteiger partial charge in [0, 0.05) is 11.8 Å². The Balaban J connectivity index is 1.89. The van der Waals surface area contributed by atoms with Crippen LogP contribution in [-0.2, 0) is 20.9 Å². The fourth-order valence-electron chi connectivity index (χ4n) is 5.14. The molecular formula is C28H41NO7. The Labute approximate surface area is 213 Å². The van der Waals surface area contributed by atoms with Crippen molar-refractivity contribution in [1.82, 2.24) is 4.98 Å². The van der Waals surface area contributed by atoms with E-state index in [-0.39, 0.29) is 36.0 Å². The van der Waals surface area contributed by atoms with Gasteiger partial charge < -0.3 is 24.5 Å². The molecule has 2 aliphatic rings. The number of ketones is 1. The van der Waals surface area contributed by atoms with Gasteiger partial charge in [-0.3, -0.25) is 9.59 Å². The van der Waals surface area contributed by atoms with Gasteiger partial charge in [-0.1, -0.05) is 46.8 Å². The zero-order valence-electron chi connectivity index (χ0n) is 22.2. The zero-order valence-corrected chi connectivity index (χ0v) is 22.2. The molecule has 1 fully saturated rings. The number of hydrogen-bond acceptors (Lipinski definition) is 8. The Morgan fingerprint density at radius 1 is 1.22 bits per heavy atom. The molecule has 0 bridgehead atoms. The Bertz CT molecular complexity index is 1010. The largest absolute Gasteiger partial charge is 0.458 e. The van der Waals surface area contributed by atoms with Gasteiger partial charge in [0.2, 0.25) is 5.89 Å². The highest BCUT2D eigenvalue weighted by atomic mass is 16.5. The standard InChI is InChI=1S/C28H41NO7/c1-16-8-7-9-28(6)13-19(28)11-21(17(2)10-20-15-35-23(14-30)29-20)36-24(32)12-22(31)27(4,5)26(34)18(3)25(16)33/h7-8,10,15-16,18-19,21-22,25,30-31,33H,9,11-14H2,1-6H3/b8-7+,17-10+/t16-,18+,19?,21-,22-,25-,28?/m0/s1. The Morgan fingerprint density at radius 3 is 2.56 bits per heavy atom. The summed E-state index contributed by atoms with van der Waals surface area (Å²) in [4.78, 5) is 30.3. The van der Waals surface area contributed by atoms with Crippen molar-refractivity contribution in [1.29, 1.82) is 0 Å². The molecule has 1 aromatic heterocycles. The first-order chi connectivity index (χ1) is 16.8. The third kappa shape index (κ3) is 6.33. The van der Waals surface area contributed by atoms with Crippen molar-refractivity contribution in [3.05, 3.63) is 35.6 Å². The minimum Gasteiger partial charge on any atom is -0.458 e. The van der Waals surface area contributed by atoms with E-state index in [9.17, 15) is 24.9 Å². The van der Waals surface area contributed by atoms with Crippen LogP contribution in [0.5, 0.6) is 0 Å². The lowest BCUT2D eigenvalue weighted by Gasteiger charge is -2.34. The van der Waals surface area contributed by atoms with Crippen molar-refractivity contribution >= 4 is 17.8 Å². The highest BCUT2D eigenvalue weighted by molar-refractivity contribution is 5.88. The predicted octanol–water partition coefficient (Wildman–Crippen LogP) is 3.84. The molecule has 2 heterocycles. The van der Waals surface area contributed by atoms with Crippen molar-refractivity contribution in [2.75, 3.05) is 0 Å². The molecule has 0 spiro atoms. The molecule has 2 unspecified atom stereocenters. The Kier molecular flexibility index (Phi) is 8.63. The van der Waals surface area contributed by atoms with Crippen LogP contribution in [0.15, 0.2) is 28.4 Å². The van der Waals surface area contributed by atoms with Gasteiger partial charge in [0.25, 0.3) is 0 Å². The van der Waals surface area contributed by atoms with Crippen LogP contribution in [0.25, 0.3) is 6.08 Å². The molecule has 0 aromatic carbocycles. The number of carbonyl (C=O) groups is 2. The lowest BCUT2D eigenvalue weighted by Crippen LogP contribution is -2.45. The predicted molar refractivity (Wildman–Crippen MR) is 134 cm³/mol. The lowest BCUT2D eigenvalue weighted by molar-refractivity contribution is -0.154. The normalized spacial score (nSPS) is 37.2. The van der Waals surface area contributed by atoms with Gasteiger partial charge in [-0.15, -0.1) is 0 Å².